The van der Waals surface area contributed by atoms with Gasteiger partial charge in [-0.2, -0.15) is 0 Å². The molecule has 180 valence electrons. The van der Waals surface area contributed by atoms with Crippen molar-refractivity contribution in [3.63, 3.8) is 0 Å². The van der Waals surface area contributed by atoms with Crippen LogP contribution in [-0.4, -0.2) is 47.4 Å². The molecule has 3 heterocycles. The monoisotopic (exact) mass is 483 g/mol. The summed E-state index contributed by atoms with van der Waals surface area (Å²) in [5.74, 6) is 1.14. The van der Waals surface area contributed by atoms with Gasteiger partial charge in [0.25, 0.3) is 5.56 Å². The van der Waals surface area contributed by atoms with Crippen molar-refractivity contribution in [2.24, 2.45) is 7.05 Å². The van der Waals surface area contributed by atoms with E-state index in [0.29, 0.717) is 59.7 Å². The summed E-state index contributed by atoms with van der Waals surface area (Å²) in [5.41, 5.74) is 1.67. The third kappa shape index (κ3) is 4.29. The molecule has 1 aliphatic heterocycles. The number of hydrogen-bond acceptors (Lipinski definition) is 7. The van der Waals surface area contributed by atoms with Crippen LogP contribution >= 0.6 is 11.6 Å². The lowest BCUT2D eigenvalue weighted by Crippen LogP contribution is -2.49. The van der Waals surface area contributed by atoms with Crippen LogP contribution in [0.15, 0.2) is 47.4 Å². The van der Waals surface area contributed by atoms with Crippen LogP contribution in [0.5, 0.6) is 5.75 Å². The Labute approximate surface area is 204 Å². The molecule has 2 N–H and O–H groups in total. The summed E-state index contributed by atoms with van der Waals surface area (Å²) in [7, 11) is 3.29. The third-order valence-electron chi connectivity index (χ3n) is 6.24. The summed E-state index contributed by atoms with van der Waals surface area (Å²) in [4.78, 5) is 23.2. The molecule has 2 aromatic heterocycles. The van der Waals surface area contributed by atoms with Gasteiger partial charge in [0.05, 0.1) is 29.6 Å². The summed E-state index contributed by atoms with van der Waals surface area (Å²) in [5, 5.41) is 7.42. The van der Waals surface area contributed by atoms with Gasteiger partial charge in [-0.25, -0.2) is 4.98 Å². The van der Waals surface area contributed by atoms with E-state index in [-0.39, 0.29) is 11.7 Å². The van der Waals surface area contributed by atoms with Crippen LogP contribution in [0.3, 0.4) is 0 Å². The highest BCUT2D eigenvalue weighted by molar-refractivity contribution is 6.33. The molecule has 0 unspecified atom stereocenters. The molecule has 0 aliphatic carbocycles. The van der Waals surface area contributed by atoms with Crippen molar-refractivity contribution < 1.29 is 9.47 Å². The third-order valence-corrected chi connectivity index (χ3v) is 6.55. The van der Waals surface area contributed by atoms with E-state index >= 15 is 0 Å². The molecule has 1 fully saturated rings. The lowest BCUT2D eigenvalue weighted by Gasteiger charge is -2.36. The lowest BCUT2D eigenvalue weighted by atomic mass is 9.90. The SMILES string of the molecule is CCO[C@H]1CNC[C@@]1(Nc1c(CC)nc(-c2ccc(OC)cc2Cl)n(C)c1=O)c1ccccn1. The standard InChI is InChI=1S/C25H30ClN5O3/c1-5-19-22(24(32)31(3)23(29-19)17-11-10-16(33-4)13-18(17)26)30-25(20-9-7-8-12-28-20)15-27-14-21(25)34-6-2/h7-13,21,27,30H,5-6,14-15H2,1-4H3/t21-,25+/m0/s1. The largest absolute Gasteiger partial charge is 0.497 e. The molecule has 34 heavy (non-hydrogen) atoms. The maximum absolute atomic E-state index is 13.7. The van der Waals surface area contributed by atoms with Crippen molar-refractivity contribution in [2.75, 3.05) is 32.1 Å². The van der Waals surface area contributed by atoms with E-state index in [2.05, 4.69) is 15.6 Å². The van der Waals surface area contributed by atoms with Gasteiger partial charge in [0.2, 0.25) is 0 Å². The van der Waals surface area contributed by atoms with Crippen LogP contribution in [-0.2, 0) is 23.7 Å². The van der Waals surface area contributed by atoms with Crippen LogP contribution in [0.1, 0.15) is 25.2 Å². The summed E-state index contributed by atoms with van der Waals surface area (Å²) in [6, 6.07) is 11.1. The number of pyridine rings is 1. The zero-order valence-electron chi connectivity index (χ0n) is 19.9. The molecular weight excluding hydrogens is 454 g/mol. The Kier molecular flexibility index (Phi) is 7.21. The minimum atomic E-state index is -0.714. The minimum absolute atomic E-state index is 0.189. The first-order valence-corrected chi connectivity index (χ1v) is 11.8. The molecule has 0 amide bonds. The molecule has 8 nitrogen and oxygen atoms in total. The van der Waals surface area contributed by atoms with E-state index in [1.165, 1.54) is 4.57 Å². The maximum Gasteiger partial charge on any atom is 0.277 e. The number of halogens is 1. The van der Waals surface area contributed by atoms with Gasteiger partial charge in [0.15, 0.2) is 0 Å². The van der Waals surface area contributed by atoms with Gasteiger partial charge in [-0.15, -0.1) is 0 Å². The van der Waals surface area contributed by atoms with E-state index in [1.807, 2.05) is 38.1 Å². The Morgan fingerprint density at radius 2 is 2.12 bits per heavy atom. The Balaban J connectivity index is 1.84. The predicted octanol–water partition coefficient (Wildman–Crippen LogP) is 3.38. The van der Waals surface area contributed by atoms with Crippen molar-refractivity contribution in [3.05, 3.63) is 69.4 Å². The van der Waals surface area contributed by atoms with Crippen LogP contribution in [0.25, 0.3) is 11.4 Å². The van der Waals surface area contributed by atoms with Crippen molar-refractivity contribution in [1.82, 2.24) is 19.9 Å². The number of nitrogens with one attached hydrogen (secondary N) is 2. The summed E-state index contributed by atoms with van der Waals surface area (Å²) < 4.78 is 12.9. The van der Waals surface area contributed by atoms with Gasteiger partial charge in [-0.05, 0) is 43.7 Å². The van der Waals surface area contributed by atoms with Gasteiger partial charge < -0.3 is 20.1 Å². The average Bonchev–Trinajstić information content (AvgIpc) is 3.26. The second-order valence-electron chi connectivity index (χ2n) is 8.21. The van der Waals surface area contributed by atoms with Crippen molar-refractivity contribution >= 4 is 17.3 Å². The van der Waals surface area contributed by atoms with Crippen LogP contribution < -0.4 is 20.9 Å². The molecule has 0 radical (unpaired) electrons. The fourth-order valence-corrected chi connectivity index (χ4v) is 4.71. The average molecular weight is 484 g/mol. The number of aryl methyl sites for hydroxylation is 1. The molecule has 2 atom stereocenters. The second-order valence-corrected chi connectivity index (χ2v) is 8.61. The first-order chi connectivity index (χ1) is 16.4. The number of ether oxygens (including phenoxy) is 2. The molecule has 0 spiro atoms. The highest BCUT2D eigenvalue weighted by Gasteiger charge is 2.47. The Morgan fingerprint density at radius 3 is 2.76 bits per heavy atom. The van der Waals surface area contributed by atoms with Crippen molar-refractivity contribution in [1.29, 1.82) is 0 Å². The molecule has 4 rings (SSSR count). The quantitative estimate of drug-likeness (QED) is 0.507. The van der Waals surface area contributed by atoms with Crippen LogP contribution in [0.4, 0.5) is 5.69 Å². The van der Waals surface area contributed by atoms with Gasteiger partial charge in [-0.1, -0.05) is 24.6 Å². The molecule has 3 aromatic rings. The Bertz CT molecular complexity index is 1220. The Morgan fingerprint density at radius 1 is 1.29 bits per heavy atom. The first kappa shape index (κ1) is 24.2. The molecule has 0 bridgehead atoms. The van der Waals surface area contributed by atoms with Gasteiger partial charge in [-0.3, -0.25) is 14.3 Å². The highest BCUT2D eigenvalue weighted by Crippen LogP contribution is 2.35. The van der Waals surface area contributed by atoms with E-state index in [4.69, 9.17) is 26.1 Å². The summed E-state index contributed by atoms with van der Waals surface area (Å²) in [6.45, 7) is 5.70. The van der Waals surface area contributed by atoms with E-state index < -0.39 is 5.54 Å². The highest BCUT2D eigenvalue weighted by atomic mass is 35.5. The molecule has 1 aliphatic rings. The second kappa shape index (κ2) is 10.1. The fourth-order valence-electron chi connectivity index (χ4n) is 4.46. The van der Waals surface area contributed by atoms with Crippen LogP contribution in [0, 0.1) is 0 Å². The number of benzene rings is 1. The van der Waals surface area contributed by atoms with Gasteiger partial charge in [0, 0.05) is 38.5 Å². The number of methoxy groups -OCH3 is 1. The fraction of sp³-hybridized carbons (Fsp3) is 0.400. The topological polar surface area (TPSA) is 90.3 Å². The number of anilines is 1. The number of rotatable bonds is 8. The van der Waals surface area contributed by atoms with Crippen molar-refractivity contribution in [2.45, 2.75) is 31.9 Å². The van der Waals surface area contributed by atoms with Crippen LogP contribution in [0.2, 0.25) is 5.02 Å². The molecule has 1 aromatic carbocycles. The van der Waals surface area contributed by atoms with Crippen molar-refractivity contribution in [3.8, 4) is 17.1 Å². The summed E-state index contributed by atoms with van der Waals surface area (Å²) in [6.07, 6.45) is 2.11. The maximum atomic E-state index is 13.7. The zero-order chi connectivity index (χ0) is 24.3. The van der Waals surface area contributed by atoms with Gasteiger partial charge >= 0.3 is 0 Å². The summed E-state index contributed by atoms with van der Waals surface area (Å²) >= 11 is 6.51. The minimum Gasteiger partial charge on any atom is -0.497 e. The number of aromatic nitrogens is 3. The van der Waals surface area contributed by atoms with E-state index in [9.17, 15) is 4.79 Å². The zero-order valence-corrected chi connectivity index (χ0v) is 20.6. The lowest BCUT2D eigenvalue weighted by molar-refractivity contribution is 0.0384. The normalized spacial score (nSPS) is 19.9. The molecular formula is C25H30ClN5O3. The Hall–Kier alpha value is -2.94. The first-order valence-electron chi connectivity index (χ1n) is 11.4. The predicted molar refractivity (Wildman–Crippen MR) is 134 cm³/mol. The molecule has 1 saturated heterocycles. The van der Waals surface area contributed by atoms with Gasteiger partial charge in [0.1, 0.15) is 22.8 Å². The smallest absolute Gasteiger partial charge is 0.277 e. The number of hydrogen-bond donors (Lipinski definition) is 2. The van der Waals surface area contributed by atoms with E-state index in [0.717, 1.165) is 5.69 Å². The number of nitrogens with zero attached hydrogens (tertiary/aromatic N) is 3. The molecule has 9 heteroatoms. The molecule has 0 saturated carbocycles. The van der Waals surface area contributed by atoms with E-state index in [1.54, 1.807) is 32.5 Å².